The molecule has 0 aliphatic carbocycles. The fourth-order valence-electron chi connectivity index (χ4n) is 4.08. The zero-order valence-electron chi connectivity index (χ0n) is 21.8. The van der Waals surface area contributed by atoms with Crippen molar-refractivity contribution in [2.45, 2.75) is 25.3 Å². The molecule has 4 rings (SSSR count). The van der Waals surface area contributed by atoms with Gasteiger partial charge in [-0.25, -0.2) is 13.9 Å². The van der Waals surface area contributed by atoms with Crippen LogP contribution in [0.25, 0.3) is 11.4 Å². The number of carbonyl (C=O) groups excluding carboxylic acids is 2. The van der Waals surface area contributed by atoms with E-state index in [1.165, 1.54) is 42.9 Å². The van der Waals surface area contributed by atoms with E-state index in [4.69, 9.17) is 11.6 Å². The Kier molecular flexibility index (Phi) is 8.62. The van der Waals surface area contributed by atoms with Crippen molar-refractivity contribution < 1.29 is 27.2 Å². The fraction of sp³-hybridized carbons (Fsp3) is 0.214. The van der Waals surface area contributed by atoms with Crippen LogP contribution in [0.1, 0.15) is 22.7 Å². The van der Waals surface area contributed by atoms with Gasteiger partial charge in [-0.1, -0.05) is 41.9 Å². The van der Waals surface area contributed by atoms with E-state index < -0.39 is 47.6 Å². The number of hydrogen-bond acceptors (Lipinski definition) is 4. The molecule has 214 valence electrons. The second-order valence-electron chi connectivity index (χ2n) is 9.30. The van der Waals surface area contributed by atoms with Crippen LogP contribution >= 0.6 is 11.6 Å². The summed E-state index contributed by atoms with van der Waals surface area (Å²) in [6, 6.07) is 14.8. The second kappa shape index (κ2) is 12.0. The van der Waals surface area contributed by atoms with Gasteiger partial charge in [0.05, 0.1) is 12.1 Å². The predicted molar refractivity (Wildman–Crippen MR) is 143 cm³/mol. The molecule has 2 amide bonds. The Labute approximate surface area is 236 Å². The van der Waals surface area contributed by atoms with E-state index in [1.807, 2.05) is 0 Å². The fourth-order valence-corrected chi connectivity index (χ4v) is 4.21. The highest BCUT2D eigenvalue weighted by atomic mass is 35.5. The lowest BCUT2D eigenvalue weighted by Crippen LogP contribution is -2.42. The summed E-state index contributed by atoms with van der Waals surface area (Å²) < 4.78 is 56.4. The first kappa shape index (κ1) is 29.5. The molecule has 41 heavy (non-hydrogen) atoms. The van der Waals surface area contributed by atoms with Crippen molar-refractivity contribution in [3.05, 3.63) is 111 Å². The molecule has 13 heteroatoms. The van der Waals surface area contributed by atoms with E-state index in [0.717, 1.165) is 27.8 Å². The number of rotatable bonds is 8. The van der Waals surface area contributed by atoms with Crippen molar-refractivity contribution in [1.29, 1.82) is 0 Å². The van der Waals surface area contributed by atoms with E-state index in [9.17, 15) is 31.9 Å². The van der Waals surface area contributed by atoms with Crippen molar-refractivity contribution in [3.63, 3.8) is 0 Å². The van der Waals surface area contributed by atoms with E-state index >= 15 is 0 Å². The molecule has 1 N–H and O–H groups in total. The molecule has 0 saturated carbocycles. The summed E-state index contributed by atoms with van der Waals surface area (Å²) in [5.41, 5.74) is -1.16. The second-order valence-corrected chi connectivity index (χ2v) is 9.74. The molecular weight excluding hydrogens is 566 g/mol. The minimum Gasteiger partial charge on any atom is -0.347 e. The zero-order chi connectivity index (χ0) is 29.9. The molecule has 0 aliphatic rings. The summed E-state index contributed by atoms with van der Waals surface area (Å²) in [6.45, 7) is -0.864. The van der Waals surface area contributed by atoms with Gasteiger partial charge in [0, 0.05) is 30.2 Å². The van der Waals surface area contributed by atoms with Crippen LogP contribution < -0.4 is 11.0 Å². The maximum atomic E-state index is 14.4. The molecular formula is C28H24ClF4N5O3. The van der Waals surface area contributed by atoms with Crippen LogP contribution in [0.2, 0.25) is 5.02 Å². The number of aromatic nitrogens is 3. The lowest BCUT2D eigenvalue weighted by atomic mass is 10.0. The van der Waals surface area contributed by atoms with Crippen LogP contribution in [0, 0.1) is 5.82 Å². The highest BCUT2D eigenvalue weighted by Gasteiger charge is 2.33. The van der Waals surface area contributed by atoms with Crippen LogP contribution in [0.15, 0.2) is 77.6 Å². The first-order valence-electron chi connectivity index (χ1n) is 12.2. The molecule has 1 unspecified atom stereocenters. The van der Waals surface area contributed by atoms with Gasteiger partial charge in [0.25, 0.3) is 0 Å². The Morgan fingerprint density at radius 1 is 1.02 bits per heavy atom. The van der Waals surface area contributed by atoms with Gasteiger partial charge in [-0.15, -0.1) is 5.10 Å². The summed E-state index contributed by atoms with van der Waals surface area (Å²) >= 11 is 5.99. The normalized spacial score (nSPS) is 12.2. The van der Waals surface area contributed by atoms with Gasteiger partial charge in [-0.05, 0) is 48.0 Å². The molecule has 0 spiro atoms. The van der Waals surface area contributed by atoms with Gasteiger partial charge in [-0.3, -0.25) is 14.2 Å². The quantitative estimate of drug-likeness (QED) is 0.306. The number of likely N-dealkylation sites (N-methyl/N-ethyl adjacent to an activating group) is 1. The summed E-state index contributed by atoms with van der Waals surface area (Å²) in [6.07, 6.45) is -4.66. The smallest absolute Gasteiger partial charge is 0.347 e. The Morgan fingerprint density at radius 3 is 2.34 bits per heavy atom. The van der Waals surface area contributed by atoms with Gasteiger partial charge in [0.15, 0.2) is 5.82 Å². The van der Waals surface area contributed by atoms with Crippen molar-refractivity contribution in [3.8, 4) is 11.4 Å². The van der Waals surface area contributed by atoms with Crippen molar-refractivity contribution >= 4 is 23.4 Å². The lowest BCUT2D eigenvalue weighted by molar-refractivity contribution is -0.138. The lowest BCUT2D eigenvalue weighted by Gasteiger charge is -2.23. The topological polar surface area (TPSA) is 89.2 Å². The third-order valence-corrected chi connectivity index (χ3v) is 6.40. The molecule has 1 heterocycles. The minimum absolute atomic E-state index is 0.0915. The van der Waals surface area contributed by atoms with Crippen molar-refractivity contribution in [1.82, 2.24) is 24.6 Å². The number of hydrogen-bond donors (Lipinski definition) is 1. The summed E-state index contributed by atoms with van der Waals surface area (Å²) in [7, 11) is 2.78. The molecule has 3 aromatic carbocycles. The maximum absolute atomic E-state index is 14.4. The standard InChI is InChI=1S/C28H24ClF4N5O3/c1-36(2)26(40)24(18-7-5-8-20(14-18)28(31,32)33)34-23(39)16-38-27(41)37(15-19-6-3-4-9-22(19)30)25(35-38)17-10-12-21(29)13-11-17/h3-14,24H,15-16H2,1-2H3,(H,34,39). The Hall–Kier alpha value is -4.45. The number of benzene rings is 3. The van der Waals surface area contributed by atoms with Gasteiger partial charge in [0.2, 0.25) is 11.8 Å². The maximum Gasteiger partial charge on any atom is 0.416 e. The molecule has 0 bridgehead atoms. The van der Waals surface area contributed by atoms with E-state index in [0.29, 0.717) is 10.6 Å². The van der Waals surface area contributed by atoms with Crippen LogP contribution in [-0.2, 0) is 28.9 Å². The van der Waals surface area contributed by atoms with Gasteiger partial charge in [-0.2, -0.15) is 13.2 Å². The molecule has 0 aliphatic heterocycles. The summed E-state index contributed by atoms with van der Waals surface area (Å²) in [4.78, 5) is 40.4. The Bertz CT molecular complexity index is 1630. The molecule has 0 fully saturated rings. The number of alkyl halides is 3. The number of carbonyl (C=O) groups is 2. The third-order valence-electron chi connectivity index (χ3n) is 6.15. The van der Waals surface area contributed by atoms with Crippen LogP contribution in [0.5, 0.6) is 0 Å². The Balaban J connectivity index is 1.68. The average Bonchev–Trinajstić information content (AvgIpc) is 3.22. The van der Waals surface area contributed by atoms with Gasteiger partial charge < -0.3 is 10.2 Å². The highest BCUT2D eigenvalue weighted by molar-refractivity contribution is 6.30. The van der Waals surface area contributed by atoms with Crippen molar-refractivity contribution in [2.24, 2.45) is 0 Å². The number of nitrogens with one attached hydrogen (secondary N) is 1. The van der Waals surface area contributed by atoms with E-state index in [2.05, 4.69) is 10.4 Å². The molecule has 1 atom stereocenters. The first-order chi connectivity index (χ1) is 19.3. The largest absolute Gasteiger partial charge is 0.416 e. The van der Waals surface area contributed by atoms with Crippen LogP contribution in [0.3, 0.4) is 0 Å². The highest BCUT2D eigenvalue weighted by Crippen LogP contribution is 2.31. The SMILES string of the molecule is CN(C)C(=O)C(NC(=O)Cn1nc(-c2ccc(Cl)cc2)n(Cc2ccccc2F)c1=O)c1cccc(C(F)(F)F)c1. The van der Waals surface area contributed by atoms with Gasteiger partial charge in [0.1, 0.15) is 18.4 Å². The van der Waals surface area contributed by atoms with Crippen LogP contribution in [0.4, 0.5) is 17.6 Å². The van der Waals surface area contributed by atoms with E-state index in [1.54, 1.807) is 30.3 Å². The monoisotopic (exact) mass is 589 g/mol. The average molecular weight is 590 g/mol. The Morgan fingerprint density at radius 2 is 1.71 bits per heavy atom. The number of amides is 2. The minimum atomic E-state index is -4.66. The molecule has 4 aromatic rings. The number of nitrogens with zero attached hydrogens (tertiary/aromatic N) is 4. The number of halogens is 5. The third kappa shape index (κ3) is 6.83. The summed E-state index contributed by atoms with van der Waals surface area (Å²) in [5, 5.41) is 7.13. The van der Waals surface area contributed by atoms with Crippen molar-refractivity contribution in [2.75, 3.05) is 14.1 Å². The summed E-state index contributed by atoms with van der Waals surface area (Å²) in [5.74, 6) is -1.96. The molecule has 8 nitrogen and oxygen atoms in total. The van der Waals surface area contributed by atoms with Crippen LogP contribution in [-0.4, -0.2) is 45.2 Å². The molecule has 0 radical (unpaired) electrons. The first-order valence-corrected chi connectivity index (χ1v) is 12.6. The molecule has 1 aromatic heterocycles. The van der Waals surface area contributed by atoms with E-state index in [-0.39, 0.29) is 23.5 Å². The molecule has 0 saturated heterocycles. The van der Waals surface area contributed by atoms with Gasteiger partial charge >= 0.3 is 11.9 Å². The predicted octanol–water partition coefficient (Wildman–Crippen LogP) is 4.52. The zero-order valence-corrected chi connectivity index (χ0v) is 22.6.